The van der Waals surface area contributed by atoms with E-state index in [2.05, 4.69) is 20.8 Å². The number of hydrogen-bond acceptors (Lipinski definition) is 7. The molecule has 1 atom stereocenters. The van der Waals surface area contributed by atoms with Gasteiger partial charge in [0, 0.05) is 31.1 Å². The van der Waals surface area contributed by atoms with Gasteiger partial charge in [-0.3, -0.25) is 4.79 Å². The van der Waals surface area contributed by atoms with E-state index in [0.717, 1.165) is 0 Å². The minimum Gasteiger partial charge on any atom is -0.354 e. The Morgan fingerprint density at radius 2 is 2.23 bits per heavy atom. The molecule has 140 valence electrons. The second-order valence-corrected chi connectivity index (χ2v) is 8.06. The highest BCUT2D eigenvalue weighted by atomic mass is 32.2. The molecule has 0 radical (unpaired) electrons. The first kappa shape index (κ1) is 18.5. The van der Waals surface area contributed by atoms with Crippen molar-refractivity contribution in [3.63, 3.8) is 0 Å². The minimum absolute atomic E-state index is 0.0908. The highest BCUT2D eigenvalue weighted by molar-refractivity contribution is 7.89. The summed E-state index contributed by atoms with van der Waals surface area (Å²) in [5.74, 6) is 0.496. The number of carbonyl (C=O) groups is 1. The molecule has 1 aromatic carbocycles. The molecule has 1 aliphatic rings. The predicted molar refractivity (Wildman–Crippen MR) is 93.7 cm³/mol. The van der Waals surface area contributed by atoms with E-state index >= 15 is 0 Å². The predicted octanol–water partition coefficient (Wildman–Crippen LogP) is 0.00750. The zero-order valence-corrected chi connectivity index (χ0v) is 15.4. The van der Waals surface area contributed by atoms with Crippen molar-refractivity contribution in [2.45, 2.75) is 24.3 Å². The number of nitrogens with one attached hydrogen (secondary N) is 2. The molecule has 2 aromatic rings. The summed E-state index contributed by atoms with van der Waals surface area (Å²) in [7, 11) is -1.92. The minimum atomic E-state index is -3.77. The highest BCUT2D eigenvalue weighted by Crippen LogP contribution is 2.23. The largest absolute Gasteiger partial charge is 0.354 e. The number of piperazine rings is 1. The quantitative estimate of drug-likeness (QED) is 0.726. The van der Waals surface area contributed by atoms with Crippen LogP contribution in [0.25, 0.3) is 11.5 Å². The summed E-state index contributed by atoms with van der Waals surface area (Å²) in [6.45, 7) is 2.36. The molecule has 0 spiro atoms. The number of amides is 1. The summed E-state index contributed by atoms with van der Waals surface area (Å²) < 4.78 is 32.0. The molecule has 1 amide bonds. The van der Waals surface area contributed by atoms with Gasteiger partial charge in [-0.25, -0.2) is 8.42 Å². The topological polar surface area (TPSA) is 117 Å². The maximum Gasteiger partial charge on any atom is 0.257 e. The average Bonchev–Trinajstić information content (AvgIpc) is 3.10. The Kier molecular flexibility index (Phi) is 5.35. The lowest BCUT2D eigenvalue weighted by molar-refractivity contribution is -0.122. The van der Waals surface area contributed by atoms with E-state index in [-0.39, 0.29) is 35.8 Å². The van der Waals surface area contributed by atoms with Gasteiger partial charge in [0.2, 0.25) is 15.9 Å². The molecule has 1 fully saturated rings. The summed E-state index contributed by atoms with van der Waals surface area (Å²) >= 11 is 0. The van der Waals surface area contributed by atoms with E-state index in [4.69, 9.17) is 4.52 Å². The zero-order chi connectivity index (χ0) is 18.7. The van der Waals surface area contributed by atoms with Crippen LogP contribution in [0.5, 0.6) is 0 Å². The lowest BCUT2D eigenvalue weighted by Crippen LogP contribution is -2.49. The van der Waals surface area contributed by atoms with Crippen LogP contribution in [0.3, 0.4) is 0 Å². The Bertz CT molecular complexity index is 896. The molecule has 0 bridgehead atoms. The first-order chi connectivity index (χ1) is 12.4. The van der Waals surface area contributed by atoms with Gasteiger partial charge in [-0.1, -0.05) is 11.2 Å². The Morgan fingerprint density at radius 3 is 2.96 bits per heavy atom. The molecule has 2 heterocycles. The molecule has 1 aromatic heterocycles. The summed E-state index contributed by atoms with van der Waals surface area (Å²) in [5, 5.41) is 9.64. The standard InChI is InChI=1S/C16H21N5O4S/c1-11(17-2)8-14-19-16(25-20-14)12-4-3-5-13(9-12)26(23,24)21-7-6-18-15(22)10-21/h3-5,9,11,17H,6-8,10H2,1-2H3,(H,18,22). The van der Waals surface area contributed by atoms with Crippen LogP contribution in [-0.2, 0) is 21.2 Å². The number of benzene rings is 1. The van der Waals surface area contributed by atoms with Crippen molar-refractivity contribution in [2.75, 3.05) is 26.7 Å². The zero-order valence-electron chi connectivity index (χ0n) is 14.6. The number of hydrogen-bond donors (Lipinski definition) is 2. The number of carbonyl (C=O) groups excluding carboxylic acids is 1. The van der Waals surface area contributed by atoms with E-state index in [1.807, 2.05) is 14.0 Å². The van der Waals surface area contributed by atoms with Crippen LogP contribution in [0.15, 0.2) is 33.7 Å². The third kappa shape index (κ3) is 3.92. The van der Waals surface area contributed by atoms with E-state index < -0.39 is 10.0 Å². The van der Waals surface area contributed by atoms with Crippen LogP contribution in [-0.4, -0.2) is 61.5 Å². The summed E-state index contributed by atoms with van der Waals surface area (Å²) in [6.07, 6.45) is 0.598. The SMILES string of the molecule is CNC(C)Cc1noc(-c2cccc(S(=O)(=O)N3CCNC(=O)C3)c2)n1. The fourth-order valence-electron chi connectivity index (χ4n) is 2.59. The molecule has 0 saturated carbocycles. The summed E-state index contributed by atoms with van der Waals surface area (Å²) in [5.41, 5.74) is 0.517. The summed E-state index contributed by atoms with van der Waals surface area (Å²) in [6, 6.07) is 6.50. The molecule has 2 N–H and O–H groups in total. The number of nitrogens with zero attached hydrogens (tertiary/aromatic N) is 3. The van der Waals surface area contributed by atoms with Crippen molar-refractivity contribution < 1.29 is 17.7 Å². The maximum absolute atomic E-state index is 12.8. The fourth-order valence-corrected chi connectivity index (χ4v) is 4.03. The van der Waals surface area contributed by atoms with E-state index in [1.165, 1.54) is 16.4 Å². The third-order valence-corrected chi connectivity index (χ3v) is 6.01. The Balaban J connectivity index is 1.85. The number of aromatic nitrogens is 2. The average molecular weight is 379 g/mol. The number of rotatable bonds is 6. The first-order valence-corrected chi connectivity index (χ1v) is 9.71. The van der Waals surface area contributed by atoms with Gasteiger partial charge in [0.05, 0.1) is 11.4 Å². The van der Waals surface area contributed by atoms with E-state index in [1.54, 1.807) is 12.1 Å². The second kappa shape index (κ2) is 7.52. The van der Waals surface area contributed by atoms with E-state index in [9.17, 15) is 13.2 Å². The van der Waals surface area contributed by atoms with Crippen LogP contribution >= 0.6 is 0 Å². The van der Waals surface area contributed by atoms with Crippen molar-refractivity contribution in [1.82, 2.24) is 25.1 Å². The van der Waals surface area contributed by atoms with Crippen molar-refractivity contribution in [2.24, 2.45) is 0 Å². The van der Waals surface area contributed by atoms with Gasteiger partial charge in [-0.15, -0.1) is 0 Å². The normalized spacial score (nSPS) is 17.1. The Morgan fingerprint density at radius 1 is 1.42 bits per heavy atom. The molecular formula is C16H21N5O4S. The molecule has 9 nitrogen and oxygen atoms in total. The molecule has 10 heteroatoms. The van der Waals surface area contributed by atoms with Crippen molar-refractivity contribution in [1.29, 1.82) is 0 Å². The Labute approximate surface area is 151 Å². The molecule has 3 rings (SSSR count). The van der Waals surface area contributed by atoms with Crippen molar-refractivity contribution >= 4 is 15.9 Å². The van der Waals surface area contributed by atoms with Gasteiger partial charge < -0.3 is 15.2 Å². The van der Waals surface area contributed by atoms with Gasteiger partial charge in [-0.2, -0.15) is 9.29 Å². The molecular weight excluding hydrogens is 358 g/mol. The molecule has 1 aliphatic heterocycles. The van der Waals surface area contributed by atoms with Gasteiger partial charge in [0.1, 0.15) is 0 Å². The molecule has 26 heavy (non-hydrogen) atoms. The monoisotopic (exact) mass is 379 g/mol. The van der Waals surface area contributed by atoms with Crippen LogP contribution in [0.4, 0.5) is 0 Å². The fraction of sp³-hybridized carbons (Fsp3) is 0.438. The van der Waals surface area contributed by atoms with Crippen LogP contribution < -0.4 is 10.6 Å². The maximum atomic E-state index is 12.8. The van der Waals surface area contributed by atoms with E-state index in [0.29, 0.717) is 24.4 Å². The first-order valence-electron chi connectivity index (χ1n) is 8.27. The molecule has 1 saturated heterocycles. The van der Waals surface area contributed by atoms with Crippen LogP contribution in [0, 0.1) is 0 Å². The van der Waals surface area contributed by atoms with Gasteiger partial charge in [-0.05, 0) is 32.2 Å². The number of likely N-dealkylation sites (N-methyl/N-ethyl adjacent to an activating group) is 1. The van der Waals surface area contributed by atoms with Gasteiger partial charge >= 0.3 is 0 Å². The van der Waals surface area contributed by atoms with Crippen LogP contribution in [0.1, 0.15) is 12.7 Å². The van der Waals surface area contributed by atoms with Gasteiger partial charge in [0.15, 0.2) is 5.82 Å². The third-order valence-electron chi connectivity index (χ3n) is 4.17. The lowest BCUT2D eigenvalue weighted by Gasteiger charge is -2.25. The smallest absolute Gasteiger partial charge is 0.257 e. The lowest BCUT2D eigenvalue weighted by atomic mass is 10.2. The number of sulfonamides is 1. The van der Waals surface area contributed by atoms with Gasteiger partial charge in [0.25, 0.3) is 5.89 Å². The van der Waals surface area contributed by atoms with Crippen molar-refractivity contribution in [3.05, 3.63) is 30.1 Å². The van der Waals surface area contributed by atoms with Crippen LogP contribution in [0.2, 0.25) is 0 Å². The second-order valence-electron chi connectivity index (χ2n) is 6.13. The summed E-state index contributed by atoms with van der Waals surface area (Å²) in [4.78, 5) is 15.9. The highest BCUT2D eigenvalue weighted by Gasteiger charge is 2.29. The molecule has 1 unspecified atom stereocenters. The Hall–Kier alpha value is -2.30. The molecule has 0 aliphatic carbocycles. The van der Waals surface area contributed by atoms with Crippen molar-refractivity contribution in [3.8, 4) is 11.5 Å².